The topological polar surface area (TPSA) is 76.7 Å². The summed E-state index contributed by atoms with van der Waals surface area (Å²) in [5, 5.41) is 10.2. The van der Waals surface area contributed by atoms with Crippen molar-refractivity contribution >= 4 is 16.9 Å². The van der Waals surface area contributed by atoms with Gasteiger partial charge in [-0.3, -0.25) is 4.79 Å². The van der Waals surface area contributed by atoms with Crippen molar-refractivity contribution in [3.63, 3.8) is 0 Å². The zero-order valence-corrected chi connectivity index (χ0v) is 19.3. The summed E-state index contributed by atoms with van der Waals surface area (Å²) in [6, 6.07) is 11.2. The number of aromatic carboxylic acids is 1. The van der Waals surface area contributed by atoms with E-state index in [4.69, 9.17) is 9.15 Å². The maximum atomic E-state index is 13.8. The molecule has 2 unspecified atom stereocenters. The van der Waals surface area contributed by atoms with E-state index in [-0.39, 0.29) is 16.9 Å². The molecule has 1 fully saturated rings. The minimum atomic E-state index is -1.03. The maximum absolute atomic E-state index is 13.8. The Balaban J connectivity index is 1.88. The highest BCUT2D eigenvalue weighted by Gasteiger charge is 2.43. The van der Waals surface area contributed by atoms with Crippen molar-refractivity contribution in [3.8, 4) is 5.75 Å². The Labute approximate surface area is 188 Å². The highest BCUT2D eigenvalue weighted by molar-refractivity contribution is 5.97. The maximum Gasteiger partial charge on any atom is 0.336 e. The van der Waals surface area contributed by atoms with Gasteiger partial charge >= 0.3 is 5.97 Å². The molecular formula is C27H30O5. The van der Waals surface area contributed by atoms with Gasteiger partial charge in [0.15, 0.2) is 5.43 Å². The molecule has 2 atom stereocenters. The number of carboxylic acid groups (broad SMARTS) is 1. The molecule has 32 heavy (non-hydrogen) atoms. The molecule has 1 saturated carbocycles. The van der Waals surface area contributed by atoms with Crippen molar-refractivity contribution in [2.24, 2.45) is 0 Å². The average Bonchev–Trinajstić information content (AvgIpc) is 3.55. The second-order valence-electron chi connectivity index (χ2n) is 9.66. The molecule has 1 heterocycles. The van der Waals surface area contributed by atoms with Crippen LogP contribution in [0.2, 0.25) is 0 Å². The smallest absolute Gasteiger partial charge is 0.336 e. The normalized spacial score (nSPS) is 18.0. The van der Waals surface area contributed by atoms with Gasteiger partial charge in [0.25, 0.3) is 0 Å². The highest BCUT2D eigenvalue weighted by Crippen LogP contribution is 2.55. The van der Waals surface area contributed by atoms with Crippen LogP contribution in [-0.2, 0) is 11.8 Å². The fourth-order valence-electron chi connectivity index (χ4n) is 4.78. The van der Waals surface area contributed by atoms with E-state index in [0.717, 1.165) is 24.4 Å². The molecule has 0 amide bonds. The van der Waals surface area contributed by atoms with Crippen molar-refractivity contribution < 1.29 is 19.1 Å². The zero-order valence-electron chi connectivity index (χ0n) is 19.3. The first-order chi connectivity index (χ1) is 15.2. The van der Waals surface area contributed by atoms with Gasteiger partial charge in [-0.1, -0.05) is 46.2 Å². The Morgan fingerprint density at radius 2 is 1.81 bits per heavy atom. The molecule has 1 aliphatic carbocycles. The summed E-state index contributed by atoms with van der Waals surface area (Å²) in [4.78, 5) is 25.7. The first-order valence-corrected chi connectivity index (χ1v) is 11.2. The van der Waals surface area contributed by atoms with E-state index >= 15 is 0 Å². The molecule has 0 saturated heterocycles. The number of benzene rings is 2. The summed E-state index contributed by atoms with van der Waals surface area (Å²) in [6.45, 7) is 7.84. The summed E-state index contributed by atoms with van der Waals surface area (Å²) in [5.41, 5.74) is 2.47. The Kier molecular flexibility index (Phi) is 5.61. The van der Waals surface area contributed by atoms with Crippen LogP contribution >= 0.6 is 0 Å². The van der Waals surface area contributed by atoms with Gasteiger partial charge in [-0.05, 0) is 59.6 Å². The molecule has 1 aliphatic rings. The molecule has 5 nitrogen and oxygen atoms in total. The standard InChI is InChI=1S/C27H30O5/c1-6-7-18-24(28)22-21(13-12-17(26(29)30)23(22)27(2,3)4)32-25(18)20-14-19(20)15-8-10-16(31-5)11-9-15/h8-13,19-20H,6-7,14H2,1-5H3,(H,29,30). The minimum absolute atomic E-state index is 0.0866. The molecule has 2 aromatic carbocycles. The van der Waals surface area contributed by atoms with Crippen LogP contribution in [0.4, 0.5) is 0 Å². The average molecular weight is 435 g/mol. The Hall–Kier alpha value is -3.08. The predicted molar refractivity (Wildman–Crippen MR) is 125 cm³/mol. The molecule has 0 bridgehead atoms. The van der Waals surface area contributed by atoms with E-state index in [1.54, 1.807) is 19.2 Å². The van der Waals surface area contributed by atoms with Gasteiger partial charge in [0.1, 0.15) is 17.1 Å². The third-order valence-corrected chi connectivity index (χ3v) is 6.34. The molecular weight excluding hydrogens is 404 g/mol. The van der Waals surface area contributed by atoms with Gasteiger partial charge in [0, 0.05) is 11.5 Å². The van der Waals surface area contributed by atoms with Crippen molar-refractivity contribution in [2.45, 2.75) is 64.2 Å². The van der Waals surface area contributed by atoms with Crippen LogP contribution in [0.15, 0.2) is 45.6 Å². The number of carboxylic acids is 1. The van der Waals surface area contributed by atoms with Crippen LogP contribution in [0.1, 0.15) is 85.2 Å². The number of hydrogen-bond donors (Lipinski definition) is 1. The number of methoxy groups -OCH3 is 1. The molecule has 0 radical (unpaired) electrons. The summed E-state index contributed by atoms with van der Waals surface area (Å²) >= 11 is 0. The predicted octanol–water partition coefficient (Wildman–Crippen LogP) is 6.02. The summed E-state index contributed by atoms with van der Waals surface area (Å²) in [6.07, 6.45) is 2.35. The quantitative estimate of drug-likeness (QED) is 0.513. The third kappa shape index (κ3) is 3.81. The van der Waals surface area contributed by atoms with Crippen LogP contribution < -0.4 is 10.2 Å². The zero-order chi connectivity index (χ0) is 23.2. The molecule has 1 aromatic heterocycles. The first kappa shape index (κ1) is 22.1. The Morgan fingerprint density at radius 1 is 1.12 bits per heavy atom. The van der Waals surface area contributed by atoms with Crippen molar-refractivity contribution in [2.75, 3.05) is 7.11 Å². The fourth-order valence-corrected chi connectivity index (χ4v) is 4.78. The van der Waals surface area contributed by atoms with Gasteiger partial charge < -0.3 is 14.3 Å². The van der Waals surface area contributed by atoms with Gasteiger partial charge in [0.05, 0.1) is 18.1 Å². The lowest BCUT2D eigenvalue weighted by atomic mass is 9.80. The molecule has 4 rings (SSSR count). The molecule has 168 valence electrons. The fraction of sp³-hybridized carbons (Fsp3) is 0.407. The number of ether oxygens (including phenoxy) is 1. The van der Waals surface area contributed by atoms with Crippen LogP contribution in [-0.4, -0.2) is 18.2 Å². The lowest BCUT2D eigenvalue weighted by Gasteiger charge is -2.23. The van der Waals surface area contributed by atoms with Gasteiger partial charge in [-0.25, -0.2) is 4.79 Å². The van der Waals surface area contributed by atoms with Gasteiger partial charge in [0.2, 0.25) is 0 Å². The minimum Gasteiger partial charge on any atom is -0.497 e. The molecule has 0 spiro atoms. The second-order valence-corrected chi connectivity index (χ2v) is 9.66. The number of hydrogen-bond acceptors (Lipinski definition) is 4. The Bertz CT molecular complexity index is 1230. The highest BCUT2D eigenvalue weighted by atomic mass is 16.5. The van der Waals surface area contributed by atoms with E-state index < -0.39 is 11.4 Å². The van der Waals surface area contributed by atoms with Crippen LogP contribution in [0.25, 0.3) is 11.0 Å². The molecule has 5 heteroatoms. The molecule has 0 aliphatic heterocycles. The molecule has 1 N–H and O–H groups in total. The van der Waals surface area contributed by atoms with Crippen LogP contribution in [0.5, 0.6) is 5.75 Å². The monoisotopic (exact) mass is 434 g/mol. The molecule has 3 aromatic rings. The third-order valence-electron chi connectivity index (χ3n) is 6.34. The number of fused-ring (bicyclic) bond motifs is 1. The van der Waals surface area contributed by atoms with Crippen LogP contribution in [0.3, 0.4) is 0 Å². The number of rotatable bonds is 6. The SMILES string of the molecule is CCCc1c(C2CC2c2ccc(OC)cc2)oc2ccc(C(=O)O)c(C(C)(C)C)c2c1=O. The summed E-state index contributed by atoms with van der Waals surface area (Å²) < 4.78 is 11.7. The van der Waals surface area contributed by atoms with Gasteiger partial charge in [-0.15, -0.1) is 0 Å². The van der Waals surface area contributed by atoms with Crippen molar-refractivity contribution in [1.29, 1.82) is 0 Å². The largest absolute Gasteiger partial charge is 0.497 e. The lowest BCUT2D eigenvalue weighted by molar-refractivity contribution is 0.0694. The Morgan fingerprint density at radius 3 is 2.38 bits per heavy atom. The lowest BCUT2D eigenvalue weighted by Crippen LogP contribution is -2.23. The number of carbonyl (C=O) groups is 1. The van der Waals surface area contributed by atoms with Gasteiger partial charge in [-0.2, -0.15) is 0 Å². The van der Waals surface area contributed by atoms with E-state index in [1.165, 1.54) is 5.56 Å². The van der Waals surface area contributed by atoms with E-state index in [1.807, 2.05) is 39.8 Å². The first-order valence-electron chi connectivity index (χ1n) is 11.2. The van der Waals surface area contributed by atoms with Crippen molar-refractivity contribution in [1.82, 2.24) is 0 Å². The summed E-state index contributed by atoms with van der Waals surface area (Å²) in [5.74, 6) is 1.00. The summed E-state index contributed by atoms with van der Waals surface area (Å²) in [7, 11) is 1.65. The second kappa shape index (κ2) is 8.12. The van der Waals surface area contributed by atoms with Crippen LogP contribution in [0, 0.1) is 0 Å². The van der Waals surface area contributed by atoms with Crippen molar-refractivity contribution in [3.05, 3.63) is 74.6 Å². The van der Waals surface area contributed by atoms with E-state index in [9.17, 15) is 14.7 Å². The van der Waals surface area contributed by atoms with E-state index in [2.05, 4.69) is 12.1 Å². The van der Waals surface area contributed by atoms with E-state index in [0.29, 0.717) is 34.4 Å².